The molecule has 0 fully saturated rings. The number of H-pyrrole nitrogens is 1. The van der Waals surface area contributed by atoms with Crippen LogP contribution in [-0.2, 0) is 6.42 Å². The second-order valence-electron chi connectivity index (χ2n) is 5.88. The molecule has 0 spiro atoms. The minimum absolute atomic E-state index is 0.184. The normalized spacial score (nSPS) is 13.8. The van der Waals surface area contributed by atoms with Crippen LogP contribution >= 0.6 is 0 Å². The van der Waals surface area contributed by atoms with Crippen LogP contribution in [0.4, 0.5) is 17.6 Å². The summed E-state index contributed by atoms with van der Waals surface area (Å²) in [6.07, 6.45) is 1.91. The predicted octanol–water partition coefficient (Wildman–Crippen LogP) is 3.56. The van der Waals surface area contributed by atoms with Gasteiger partial charge in [0.1, 0.15) is 0 Å². The molecule has 2 amide bonds. The van der Waals surface area contributed by atoms with Crippen molar-refractivity contribution in [1.29, 1.82) is 0 Å². The number of rotatable bonds is 3. The molecule has 0 atom stereocenters. The maximum atomic E-state index is 13.9. The molecule has 4 rings (SSSR count). The van der Waals surface area contributed by atoms with Gasteiger partial charge in [-0.2, -0.15) is 0 Å². The zero-order valence-electron chi connectivity index (χ0n) is 13.1. The second kappa shape index (κ2) is 5.69. The molecule has 3 aromatic rings. The van der Waals surface area contributed by atoms with E-state index in [1.165, 1.54) is 0 Å². The standard InChI is InChI=1S/C18H10F4N2O2/c19-13-11-12(14(20)16(22)15(13)21)18(26)24(17(11)25)6-5-8-7-23-10-4-2-1-3-9(8)10/h1-4,7,23H,5-6H2. The minimum atomic E-state index is -2.11. The lowest BCUT2D eigenvalue weighted by Gasteiger charge is -2.13. The molecular formula is C18H10F4N2O2. The van der Waals surface area contributed by atoms with Crippen molar-refractivity contribution in [1.82, 2.24) is 9.88 Å². The average Bonchev–Trinajstić information content (AvgIpc) is 3.15. The Labute approximate surface area is 144 Å². The van der Waals surface area contributed by atoms with Gasteiger partial charge in [0.2, 0.25) is 0 Å². The van der Waals surface area contributed by atoms with Gasteiger partial charge in [-0.1, -0.05) is 18.2 Å². The molecule has 132 valence electrons. The number of hydrogen-bond acceptors (Lipinski definition) is 2. The molecule has 1 aliphatic rings. The highest BCUT2D eigenvalue weighted by atomic mass is 19.2. The molecule has 8 heteroatoms. The molecule has 1 aliphatic heterocycles. The molecule has 2 aromatic carbocycles. The monoisotopic (exact) mass is 362 g/mol. The van der Waals surface area contributed by atoms with E-state index in [9.17, 15) is 27.2 Å². The van der Waals surface area contributed by atoms with Crippen LogP contribution in [0, 0.1) is 23.3 Å². The largest absolute Gasteiger partial charge is 0.361 e. The van der Waals surface area contributed by atoms with Crippen LogP contribution in [-0.4, -0.2) is 28.2 Å². The maximum absolute atomic E-state index is 13.9. The Balaban J connectivity index is 1.67. The van der Waals surface area contributed by atoms with E-state index in [0.29, 0.717) is 4.90 Å². The topological polar surface area (TPSA) is 53.2 Å². The minimum Gasteiger partial charge on any atom is -0.361 e. The molecule has 0 bridgehead atoms. The lowest BCUT2D eigenvalue weighted by atomic mass is 10.1. The van der Waals surface area contributed by atoms with Crippen LogP contribution < -0.4 is 0 Å². The Morgan fingerprint density at radius 3 is 2.04 bits per heavy atom. The molecule has 0 saturated heterocycles. The fourth-order valence-corrected chi connectivity index (χ4v) is 3.17. The van der Waals surface area contributed by atoms with Crippen molar-refractivity contribution in [3.05, 3.63) is 70.4 Å². The van der Waals surface area contributed by atoms with E-state index < -0.39 is 46.2 Å². The first-order valence-electron chi connectivity index (χ1n) is 7.69. The Morgan fingerprint density at radius 1 is 0.846 bits per heavy atom. The van der Waals surface area contributed by atoms with Crippen molar-refractivity contribution < 1.29 is 27.2 Å². The number of nitrogens with zero attached hydrogens (tertiary/aromatic N) is 1. The van der Waals surface area contributed by atoms with Crippen LogP contribution in [0.15, 0.2) is 30.5 Å². The summed E-state index contributed by atoms with van der Waals surface area (Å²) < 4.78 is 54.5. The van der Waals surface area contributed by atoms with Gasteiger partial charge in [-0.3, -0.25) is 14.5 Å². The Bertz CT molecular complexity index is 1040. The van der Waals surface area contributed by atoms with Gasteiger partial charge in [0.05, 0.1) is 11.1 Å². The van der Waals surface area contributed by atoms with Crippen LogP contribution in [0.1, 0.15) is 26.3 Å². The molecule has 0 radical (unpaired) electrons. The summed E-state index contributed by atoms with van der Waals surface area (Å²) in [5.74, 6) is -10.3. The number of para-hydroxylation sites is 1. The van der Waals surface area contributed by atoms with Gasteiger partial charge in [0.15, 0.2) is 23.3 Å². The lowest BCUT2D eigenvalue weighted by Crippen LogP contribution is -2.32. The third-order valence-corrected chi connectivity index (χ3v) is 4.46. The van der Waals surface area contributed by atoms with Gasteiger partial charge >= 0.3 is 0 Å². The van der Waals surface area contributed by atoms with Crippen molar-refractivity contribution in [3.63, 3.8) is 0 Å². The summed E-state index contributed by atoms with van der Waals surface area (Å²) in [5.41, 5.74) is -0.489. The predicted molar refractivity (Wildman–Crippen MR) is 83.6 cm³/mol. The molecule has 2 heterocycles. The summed E-state index contributed by atoms with van der Waals surface area (Å²) in [7, 11) is 0. The fourth-order valence-electron chi connectivity index (χ4n) is 3.17. The maximum Gasteiger partial charge on any atom is 0.264 e. The molecule has 0 aliphatic carbocycles. The number of fused-ring (bicyclic) bond motifs is 2. The number of halogens is 4. The molecule has 0 unspecified atom stereocenters. The zero-order chi connectivity index (χ0) is 18.6. The molecule has 1 N–H and O–H groups in total. The molecule has 26 heavy (non-hydrogen) atoms. The zero-order valence-corrected chi connectivity index (χ0v) is 13.1. The summed E-state index contributed by atoms with van der Waals surface area (Å²) in [4.78, 5) is 28.2. The summed E-state index contributed by atoms with van der Waals surface area (Å²) >= 11 is 0. The number of hydrogen-bond donors (Lipinski definition) is 1. The first-order valence-corrected chi connectivity index (χ1v) is 7.69. The summed E-state index contributed by atoms with van der Waals surface area (Å²) in [6.45, 7) is -0.184. The highest BCUT2D eigenvalue weighted by Crippen LogP contribution is 2.31. The molecule has 0 saturated carbocycles. The summed E-state index contributed by atoms with van der Waals surface area (Å²) in [6, 6.07) is 7.34. The lowest BCUT2D eigenvalue weighted by molar-refractivity contribution is 0.0653. The quantitative estimate of drug-likeness (QED) is 0.335. The van der Waals surface area contributed by atoms with Crippen molar-refractivity contribution in [2.24, 2.45) is 0 Å². The molecular weight excluding hydrogens is 352 g/mol. The highest BCUT2D eigenvalue weighted by molar-refractivity contribution is 6.21. The first-order chi connectivity index (χ1) is 12.4. The van der Waals surface area contributed by atoms with Crippen molar-refractivity contribution in [3.8, 4) is 0 Å². The van der Waals surface area contributed by atoms with Crippen molar-refractivity contribution >= 4 is 22.7 Å². The third kappa shape index (κ3) is 2.15. The number of carbonyl (C=O) groups excluding carboxylic acids is 2. The van der Waals surface area contributed by atoms with Gasteiger partial charge in [-0.15, -0.1) is 0 Å². The van der Waals surface area contributed by atoms with Gasteiger partial charge < -0.3 is 4.98 Å². The average molecular weight is 362 g/mol. The molecule has 4 nitrogen and oxygen atoms in total. The van der Waals surface area contributed by atoms with E-state index >= 15 is 0 Å². The van der Waals surface area contributed by atoms with E-state index in [2.05, 4.69) is 4.98 Å². The van der Waals surface area contributed by atoms with Crippen LogP contribution in [0.3, 0.4) is 0 Å². The Kier molecular flexibility index (Phi) is 3.57. The van der Waals surface area contributed by atoms with E-state index in [4.69, 9.17) is 0 Å². The highest BCUT2D eigenvalue weighted by Gasteiger charge is 2.43. The van der Waals surface area contributed by atoms with Crippen LogP contribution in [0.2, 0.25) is 0 Å². The van der Waals surface area contributed by atoms with E-state index in [0.717, 1.165) is 16.5 Å². The number of aromatic nitrogens is 1. The summed E-state index contributed by atoms with van der Waals surface area (Å²) in [5, 5.41) is 0.874. The SMILES string of the molecule is O=C1c2c(F)c(F)c(F)c(F)c2C(=O)N1CCc1c[nH]c2ccccc12. The third-order valence-electron chi connectivity index (χ3n) is 4.46. The van der Waals surface area contributed by atoms with Gasteiger partial charge in [0, 0.05) is 23.6 Å². The smallest absolute Gasteiger partial charge is 0.264 e. The number of benzene rings is 2. The molecule has 1 aromatic heterocycles. The van der Waals surface area contributed by atoms with Crippen molar-refractivity contribution in [2.75, 3.05) is 6.54 Å². The first kappa shape index (κ1) is 16.3. The van der Waals surface area contributed by atoms with E-state index in [1.807, 2.05) is 24.3 Å². The van der Waals surface area contributed by atoms with Gasteiger partial charge in [-0.25, -0.2) is 17.6 Å². The second-order valence-corrected chi connectivity index (χ2v) is 5.88. The number of imide groups is 1. The van der Waals surface area contributed by atoms with Crippen LogP contribution in [0.25, 0.3) is 10.9 Å². The Hall–Kier alpha value is -3.16. The Morgan fingerprint density at radius 2 is 1.42 bits per heavy atom. The number of amides is 2. The van der Waals surface area contributed by atoms with E-state index in [1.54, 1.807) is 6.20 Å². The number of carbonyl (C=O) groups is 2. The van der Waals surface area contributed by atoms with Crippen molar-refractivity contribution in [2.45, 2.75) is 6.42 Å². The van der Waals surface area contributed by atoms with Crippen LogP contribution in [0.5, 0.6) is 0 Å². The van der Waals surface area contributed by atoms with E-state index in [-0.39, 0.29) is 13.0 Å². The van der Waals surface area contributed by atoms with Gasteiger partial charge in [0.25, 0.3) is 11.8 Å². The number of nitrogens with one attached hydrogen (secondary N) is 1. The number of aromatic amines is 1. The fraction of sp³-hybridized carbons (Fsp3) is 0.111. The van der Waals surface area contributed by atoms with Gasteiger partial charge in [-0.05, 0) is 18.1 Å².